The standard InChI is InChI=1S/C26H52N2O2/c1-17(2)23-13-21(14-24(18(3)4)27(23)29)12-10-11-20(7)22-15-25(19(5)6)28(30)26(8,9)16-22/h17-25,29-30H,10-16H2,1-9H3. The number of hydrogen-bond acceptors (Lipinski definition) is 4. The highest BCUT2D eigenvalue weighted by Gasteiger charge is 2.43. The summed E-state index contributed by atoms with van der Waals surface area (Å²) in [5, 5.41) is 24.8. The van der Waals surface area contributed by atoms with Crippen molar-refractivity contribution in [2.45, 2.75) is 131 Å². The Balaban J connectivity index is 1.91. The molecule has 5 unspecified atom stereocenters. The maximum Gasteiger partial charge on any atom is 0.0410 e. The highest BCUT2D eigenvalue weighted by atomic mass is 16.5. The van der Waals surface area contributed by atoms with Gasteiger partial charge in [-0.2, -0.15) is 10.1 Å². The van der Waals surface area contributed by atoms with Gasteiger partial charge >= 0.3 is 0 Å². The van der Waals surface area contributed by atoms with E-state index in [1.807, 2.05) is 0 Å². The van der Waals surface area contributed by atoms with Gasteiger partial charge in [0.2, 0.25) is 0 Å². The Morgan fingerprint density at radius 1 is 0.800 bits per heavy atom. The first kappa shape index (κ1) is 26.1. The summed E-state index contributed by atoms with van der Waals surface area (Å²) in [5.41, 5.74) is -0.130. The number of hydroxylamine groups is 4. The number of rotatable bonds is 8. The molecule has 0 aromatic carbocycles. The maximum atomic E-state index is 10.7. The van der Waals surface area contributed by atoms with Gasteiger partial charge in [-0.05, 0) is 75.0 Å². The van der Waals surface area contributed by atoms with Crippen LogP contribution in [0.15, 0.2) is 0 Å². The van der Waals surface area contributed by atoms with Gasteiger partial charge in [-0.1, -0.05) is 67.7 Å². The van der Waals surface area contributed by atoms with E-state index >= 15 is 0 Å². The molecule has 4 nitrogen and oxygen atoms in total. The minimum Gasteiger partial charge on any atom is -0.313 e. The van der Waals surface area contributed by atoms with Gasteiger partial charge in [0.05, 0.1) is 0 Å². The van der Waals surface area contributed by atoms with E-state index in [1.165, 1.54) is 19.3 Å². The second-order valence-electron chi connectivity index (χ2n) is 12.4. The van der Waals surface area contributed by atoms with Crippen LogP contribution >= 0.6 is 0 Å². The van der Waals surface area contributed by atoms with Gasteiger partial charge in [-0.3, -0.25) is 0 Å². The Morgan fingerprint density at radius 2 is 1.30 bits per heavy atom. The molecule has 2 fully saturated rings. The zero-order valence-corrected chi connectivity index (χ0v) is 21.4. The van der Waals surface area contributed by atoms with Crippen molar-refractivity contribution in [1.82, 2.24) is 10.1 Å². The van der Waals surface area contributed by atoms with Crippen molar-refractivity contribution in [3.05, 3.63) is 0 Å². The summed E-state index contributed by atoms with van der Waals surface area (Å²) in [7, 11) is 0. The quantitative estimate of drug-likeness (QED) is 0.447. The van der Waals surface area contributed by atoms with E-state index in [-0.39, 0.29) is 11.6 Å². The van der Waals surface area contributed by atoms with Gasteiger partial charge in [-0.15, -0.1) is 0 Å². The van der Waals surface area contributed by atoms with Crippen molar-refractivity contribution in [2.75, 3.05) is 0 Å². The summed E-state index contributed by atoms with van der Waals surface area (Å²) in [6, 6.07) is 0.874. The minimum absolute atomic E-state index is 0.130. The molecule has 2 heterocycles. The fourth-order valence-corrected chi connectivity index (χ4v) is 6.26. The number of piperidine rings is 2. The Morgan fingerprint density at radius 3 is 1.77 bits per heavy atom. The van der Waals surface area contributed by atoms with Crippen molar-refractivity contribution in [3.8, 4) is 0 Å². The molecule has 0 aliphatic carbocycles. The lowest BCUT2D eigenvalue weighted by Gasteiger charge is -2.50. The average Bonchev–Trinajstić information content (AvgIpc) is 2.63. The summed E-state index contributed by atoms with van der Waals surface area (Å²) in [4.78, 5) is 0. The van der Waals surface area contributed by atoms with Crippen LogP contribution in [0.2, 0.25) is 0 Å². The second-order valence-corrected chi connectivity index (χ2v) is 12.4. The molecule has 2 saturated heterocycles. The summed E-state index contributed by atoms with van der Waals surface area (Å²) in [5.74, 6) is 3.61. The maximum absolute atomic E-state index is 10.7. The summed E-state index contributed by atoms with van der Waals surface area (Å²) in [6.07, 6.45) is 8.34. The van der Waals surface area contributed by atoms with Gasteiger partial charge in [0.25, 0.3) is 0 Å². The van der Waals surface area contributed by atoms with Gasteiger partial charge in [-0.25, -0.2) is 0 Å². The highest BCUT2D eigenvalue weighted by molar-refractivity contribution is 4.93. The topological polar surface area (TPSA) is 46.9 Å². The molecule has 4 heteroatoms. The van der Waals surface area contributed by atoms with Crippen LogP contribution in [0.1, 0.15) is 107 Å². The predicted molar refractivity (Wildman–Crippen MR) is 126 cm³/mol. The zero-order valence-electron chi connectivity index (χ0n) is 21.4. The van der Waals surface area contributed by atoms with Crippen LogP contribution in [0.25, 0.3) is 0 Å². The smallest absolute Gasteiger partial charge is 0.0410 e. The minimum atomic E-state index is -0.130. The summed E-state index contributed by atoms with van der Waals surface area (Å²) < 4.78 is 0. The van der Waals surface area contributed by atoms with Crippen molar-refractivity contribution < 1.29 is 10.4 Å². The third kappa shape index (κ3) is 6.21. The van der Waals surface area contributed by atoms with E-state index < -0.39 is 0 Å². The molecule has 2 aliphatic rings. The zero-order chi connectivity index (χ0) is 22.8. The van der Waals surface area contributed by atoms with Crippen molar-refractivity contribution in [3.63, 3.8) is 0 Å². The molecular weight excluding hydrogens is 372 g/mol. The molecule has 0 amide bonds. The average molecular weight is 425 g/mol. The molecule has 178 valence electrons. The van der Waals surface area contributed by atoms with Crippen LogP contribution in [0.4, 0.5) is 0 Å². The summed E-state index contributed by atoms with van der Waals surface area (Å²) in [6.45, 7) is 20.3. The third-order valence-corrected chi connectivity index (χ3v) is 8.45. The SMILES string of the molecule is CC(C)C1CC(CCCC(C)C2CC(C(C)C)N(O)C(C)(C)C2)CC(C(C)C)N1O. The monoisotopic (exact) mass is 424 g/mol. The van der Waals surface area contributed by atoms with Gasteiger partial charge in [0.15, 0.2) is 0 Å². The first-order chi connectivity index (χ1) is 13.8. The van der Waals surface area contributed by atoms with E-state index in [0.29, 0.717) is 41.7 Å². The van der Waals surface area contributed by atoms with Crippen LogP contribution in [0.3, 0.4) is 0 Å². The molecule has 30 heavy (non-hydrogen) atoms. The molecule has 0 saturated carbocycles. The lowest BCUT2D eigenvalue weighted by atomic mass is 9.71. The predicted octanol–water partition coefficient (Wildman–Crippen LogP) is 6.85. The lowest BCUT2D eigenvalue weighted by molar-refractivity contribution is -0.232. The fourth-order valence-electron chi connectivity index (χ4n) is 6.26. The van der Waals surface area contributed by atoms with Crippen molar-refractivity contribution >= 4 is 0 Å². The largest absolute Gasteiger partial charge is 0.313 e. The van der Waals surface area contributed by atoms with Crippen LogP contribution < -0.4 is 0 Å². The van der Waals surface area contributed by atoms with Gasteiger partial charge in [0, 0.05) is 23.7 Å². The molecule has 2 rings (SSSR count). The van der Waals surface area contributed by atoms with Crippen LogP contribution in [0, 0.1) is 35.5 Å². The molecular formula is C26H52N2O2. The van der Waals surface area contributed by atoms with Crippen molar-refractivity contribution in [2.24, 2.45) is 35.5 Å². The number of hydrogen-bond donors (Lipinski definition) is 2. The highest BCUT2D eigenvalue weighted by Crippen LogP contribution is 2.42. The molecule has 0 radical (unpaired) electrons. The Hall–Kier alpha value is -0.160. The summed E-state index contributed by atoms with van der Waals surface area (Å²) >= 11 is 0. The first-order valence-electron chi connectivity index (χ1n) is 12.8. The Bertz CT molecular complexity index is 501. The Kier molecular flexibility index (Phi) is 9.25. The normalized spacial score (nSPS) is 34.8. The van der Waals surface area contributed by atoms with E-state index in [2.05, 4.69) is 62.3 Å². The van der Waals surface area contributed by atoms with Crippen LogP contribution in [0.5, 0.6) is 0 Å². The number of nitrogens with zero attached hydrogens (tertiary/aromatic N) is 2. The lowest BCUT2D eigenvalue weighted by Crippen LogP contribution is -2.56. The Labute approximate surface area is 187 Å². The van der Waals surface area contributed by atoms with Gasteiger partial charge in [0.1, 0.15) is 0 Å². The molecule has 0 spiro atoms. The molecule has 0 aromatic rings. The van der Waals surface area contributed by atoms with E-state index in [0.717, 1.165) is 31.6 Å². The van der Waals surface area contributed by atoms with Crippen molar-refractivity contribution in [1.29, 1.82) is 0 Å². The van der Waals surface area contributed by atoms with Crippen LogP contribution in [-0.2, 0) is 0 Å². The van der Waals surface area contributed by atoms with E-state index in [1.54, 1.807) is 10.1 Å². The first-order valence-corrected chi connectivity index (χ1v) is 12.8. The second kappa shape index (κ2) is 10.6. The van der Waals surface area contributed by atoms with Gasteiger partial charge < -0.3 is 10.4 Å². The van der Waals surface area contributed by atoms with Crippen LogP contribution in [-0.4, -0.2) is 44.2 Å². The van der Waals surface area contributed by atoms with E-state index in [4.69, 9.17) is 0 Å². The molecule has 0 bridgehead atoms. The molecule has 2 N–H and O–H groups in total. The van der Waals surface area contributed by atoms with E-state index in [9.17, 15) is 10.4 Å². The fraction of sp³-hybridized carbons (Fsp3) is 1.00. The third-order valence-electron chi connectivity index (χ3n) is 8.45. The molecule has 0 aromatic heterocycles. The molecule has 5 atom stereocenters. The molecule has 2 aliphatic heterocycles.